The largest absolute Gasteiger partial charge is 0.365 e. The van der Waals surface area contributed by atoms with Crippen LogP contribution in [0.2, 0.25) is 0 Å². The average Bonchev–Trinajstić information content (AvgIpc) is 2.50. The summed E-state index contributed by atoms with van der Waals surface area (Å²) >= 11 is 1.81. The number of thiophene rings is 1. The third-order valence-corrected chi connectivity index (χ3v) is 3.31. The van der Waals surface area contributed by atoms with Crippen molar-refractivity contribution in [2.75, 3.05) is 25.0 Å². The first-order valence-corrected chi connectivity index (χ1v) is 5.98. The first-order chi connectivity index (χ1) is 6.61. The van der Waals surface area contributed by atoms with Crippen LogP contribution in [0.25, 0.3) is 0 Å². The molecule has 1 heterocycles. The van der Waals surface area contributed by atoms with Gasteiger partial charge in [0.25, 0.3) is 0 Å². The van der Waals surface area contributed by atoms with Crippen molar-refractivity contribution in [2.24, 2.45) is 0 Å². The van der Waals surface area contributed by atoms with Gasteiger partial charge in [-0.3, -0.25) is 0 Å². The summed E-state index contributed by atoms with van der Waals surface area (Å²) in [7, 11) is 2.15. The van der Waals surface area contributed by atoms with Gasteiger partial charge in [0.05, 0.1) is 5.00 Å². The van der Waals surface area contributed by atoms with Crippen LogP contribution in [0.1, 0.15) is 19.4 Å². The molecule has 0 amide bonds. The fourth-order valence-electron chi connectivity index (χ4n) is 1.38. The van der Waals surface area contributed by atoms with E-state index in [0.717, 1.165) is 13.1 Å². The van der Waals surface area contributed by atoms with Gasteiger partial charge in [0.2, 0.25) is 0 Å². The second-order valence-electron chi connectivity index (χ2n) is 3.94. The molecule has 0 radical (unpaired) electrons. The molecule has 14 heavy (non-hydrogen) atoms. The van der Waals surface area contributed by atoms with Gasteiger partial charge in [-0.05, 0) is 23.9 Å². The maximum Gasteiger partial charge on any atom is 0.0936 e. The summed E-state index contributed by atoms with van der Waals surface area (Å²) < 4.78 is 0. The zero-order chi connectivity index (χ0) is 10.6. The van der Waals surface area contributed by atoms with Crippen LogP contribution < -0.4 is 10.2 Å². The fourth-order valence-corrected chi connectivity index (χ4v) is 2.30. The highest BCUT2D eigenvalue weighted by atomic mass is 32.1. The van der Waals surface area contributed by atoms with Crippen LogP contribution in [0.3, 0.4) is 0 Å². The maximum absolute atomic E-state index is 3.42. The van der Waals surface area contributed by atoms with Gasteiger partial charge in [-0.25, -0.2) is 0 Å². The lowest BCUT2D eigenvalue weighted by atomic mass is 10.3. The number of nitrogens with zero attached hydrogens (tertiary/aromatic N) is 1. The SMILES string of the molecule is Cc1ccsc1N(C)CCNC(C)C. The molecule has 0 saturated heterocycles. The minimum absolute atomic E-state index is 0.577. The van der Waals surface area contributed by atoms with E-state index in [2.05, 4.69) is 49.5 Å². The summed E-state index contributed by atoms with van der Waals surface area (Å²) in [6.45, 7) is 8.63. The minimum atomic E-state index is 0.577. The molecule has 1 aromatic heterocycles. The van der Waals surface area contributed by atoms with E-state index in [1.807, 2.05) is 11.3 Å². The highest BCUT2D eigenvalue weighted by Gasteiger charge is 2.05. The number of rotatable bonds is 5. The van der Waals surface area contributed by atoms with Crippen molar-refractivity contribution in [1.82, 2.24) is 5.32 Å². The highest BCUT2D eigenvalue weighted by Crippen LogP contribution is 2.25. The molecular formula is C11H20N2S. The summed E-state index contributed by atoms with van der Waals surface area (Å²) in [5.74, 6) is 0. The molecule has 0 unspecified atom stereocenters. The third kappa shape index (κ3) is 3.31. The van der Waals surface area contributed by atoms with E-state index in [-0.39, 0.29) is 0 Å². The van der Waals surface area contributed by atoms with E-state index in [1.165, 1.54) is 10.6 Å². The van der Waals surface area contributed by atoms with E-state index >= 15 is 0 Å². The van der Waals surface area contributed by atoms with Crippen LogP contribution in [0.5, 0.6) is 0 Å². The van der Waals surface area contributed by atoms with E-state index in [4.69, 9.17) is 0 Å². The number of likely N-dealkylation sites (N-methyl/N-ethyl adjacent to an activating group) is 1. The van der Waals surface area contributed by atoms with Gasteiger partial charge in [0.1, 0.15) is 0 Å². The Morgan fingerprint density at radius 3 is 2.71 bits per heavy atom. The van der Waals surface area contributed by atoms with E-state index in [9.17, 15) is 0 Å². The van der Waals surface area contributed by atoms with Crippen molar-refractivity contribution in [3.05, 3.63) is 17.0 Å². The van der Waals surface area contributed by atoms with E-state index in [0.29, 0.717) is 6.04 Å². The van der Waals surface area contributed by atoms with E-state index in [1.54, 1.807) is 0 Å². The zero-order valence-corrected chi connectivity index (χ0v) is 10.3. The molecule has 0 saturated carbocycles. The maximum atomic E-state index is 3.42. The molecule has 2 nitrogen and oxygen atoms in total. The highest BCUT2D eigenvalue weighted by molar-refractivity contribution is 7.14. The molecule has 1 N–H and O–H groups in total. The molecule has 0 aliphatic rings. The van der Waals surface area contributed by atoms with Crippen LogP contribution in [-0.2, 0) is 0 Å². The van der Waals surface area contributed by atoms with Crippen molar-refractivity contribution in [2.45, 2.75) is 26.8 Å². The molecule has 0 spiro atoms. The topological polar surface area (TPSA) is 15.3 Å². The van der Waals surface area contributed by atoms with Crippen LogP contribution in [0, 0.1) is 6.92 Å². The molecule has 3 heteroatoms. The van der Waals surface area contributed by atoms with Crippen molar-refractivity contribution < 1.29 is 0 Å². The Balaban J connectivity index is 2.36. The Bertz CT molecular complexity index is 268. The first-order valence-electron chi connectivity index (χ1n) is 5.10. The normalized spacial score (nSPS) is 10.9. The second-order valence-corrected chi connectivity index (χ2v) is 4.83. The van der Waals surface area contributed by atoms with Gasteiger partial charge >= 0.3 is 0 Å². The van der Waals surface area contributed by atoms with Crippen molar-refractivity contribution in [3.8, 4) is 0 Å². The van der Waals surface area contributed by atoms with E-state index < -0.39 is 0 Å². The lowest BCUT2D eigenvalue weighted by molar-refractivity contribution is 0.590. The van der Waals surface area contributed by atoms with Gasteiger partial charge in [-0.2, -0.15) is 0 Å². The van der Waals surface area contributed by atoms with Gasteiger partial charge in [-0.1, -0.05) is 13.8 Å². The molecule has 1 rings (SSSR count). The summed E-state index contributed by atoms with van der Waals surface area (Å²) in [5.41, 5.74) is 1.38. The standard InChI is InChI=1S/C11H20N2S/c1-9(2)12-6-7-13(4)11-10(3)5-8-14-11/h5,8-9,12H,6-7H2,1-4H3. The Hall–Kier alpha value is -0.540. The quantitative estimate of drug-likeness (QED) is 0.806. The van der Waals surface area contributed by atoms with Gasteiger partial charge in [0.15, 0.2) is 0 Å². The fraction of sp³-hybridized carbons (Fsp3) is 0.636. The molecule has 0 aliphatic carbocycles. The van der Waals surface area contributed by atoms with Gasteiger partial charge in [-0.15, -0.1) is 11.3 Å². The summed E-state index contributed by atoms with van der Waals surface area (Å²) in [4.78, 5) is 2.31. The minimum Gasteiger partial charge on any atom is -0.365 e. The van der Waals surface area contributed by atoms with Crippen LogP contribution in [-0.4, -0.2) is 26.2 Å². The molecule has 0 aliphatic heterocycles. The predicted octanol–water partition coefficient (Wildman–Crippen LogP) is 2.49. The number of aryl methyl sites for hydroxylation is 1. The molecule has 1 aromatic rings. The van der Waals surface area contributed by atoms with Crippen LogP contribution in [0.4, 0.5) is 5.00 Å². The Kier molecular flexibility index (Phi) is 4.42. The Morgan fingerprint density at radius 2 is 2.21 bits per heavy atom. The number of anilines is 1. The second kappa shape index (κ2) is 5.37. The smallest absolute Gasteiger partial charge is 0.0936 e. The molecule has 0 atom stereocenters. The summed E-state index contributed by atoms with van der Waals surface area (Å²) in [6.07, 6.45) is 0. The van der Waals surface area contributed by atoms with Crippen molar-refractivity contribution in [3.63, 3.8) is 0 Å². The monoisotopic (exact) mass is 212 g/mol. The summed E-state index contributed by atoms with van der Waals surface area (Å²) in [6, 6.07) is 2.75. The molecule has 80 valence electrons. The number of hydrogen-bond donors (Lipinski definition) is 1. The molecule has 0 fully saturated rings. The Labute approximate surface area is 90.9 Å². The molecule has 0 bridgehead atoms. The van der Waals surface area contributed by atoms with Gasteiger partial charge in [0, 0.05) is 26.2 Å². The Morgan fingerprint density at radius 1 is 1.50 bits per heavy atom. The first kappa shape index (κ1) is 11.5. The zero-order valence-electron chi connectivity index (χ0n) is 9.50. The lowest BCUT2D eigenvalue weighted by Gasteiger charge is -2.19. The average molecular weight is 212 g/mol. The number of nitrogens with one attached hydrogen (secondary N) is 1. The van der Waals surface area contributed by atoms with Gasteiger partial charge < -0.3 is 10.2 Å². The predicted molar refractivity (Wildman–Crippen MR) is 65.5 cm³/mol. The number of hydrogen-bond acceptors (Lipinski definition) is 3. The van der Waals surface area contributed by atoms with Crippen molar-refractivity contribution in [1.29, 1.82) is 0 Å². The van der Waals surface area contributed by atoms with Crippen LogP contribution >= 0.6 is 11.3 Å². The summed E-state index contributed by atoms with van der Waals surface area (Å²) in [5, 5.41) is 6.96. The molecular weight excluding hydrogens is 192 g/mol. The molecule has 0 aromatic carbocycles. The third-order valence-electron chi connectivity index (χ3n) is 2.18. The van der Waals surface area contributed by atoms with Crippen molar-refractivity contribution >= 4 is 16.3 Å². The lowest BCUT2D eigenvalue weighted by Crippen LogP contribution is -2.32. The van der Waals surface area contributed by atoms with Crippen LogP contribution in [0.15, 0.2) is 11.4 Å².